The molecular formula is C22H25ClN4O3S. The van der Waals surface area contributed by atoms with Crippen molar-refractivity contribution in [3.05, 3.63) is 58.9 Å². The first-order valence-corrected chi connectivity index (χ1v) is 11.2. The van der Waals surface area contributed by atoms with Crippen molar-refractivity contribution in [2.45, 2.75) is 38.6 Å². The number of nitrogens with one attached hydrogen (secondary N) is 1. The summed E-state index contributed by atoms with van der Waals surface area (Å²) in [4.78, 5) is 12.4. The van der Waals surface area contributed by atoms with Crippen LogP contribution in [0.25, 0.3) is 0 Å². The lowest BCUT2D eigenvalue weighted by atomic mass is 10.2. The van der Waals surface area contributed by atoms with Gasteiger partial charge in [0.2, 0.25) is 5.91 Å². The Kier molecular flexibility index (Phi) is 7.81. The second-order valence-electron chi connectivity index (χ2n) is 6.82. The number of benzene rings is 2. The van der Waals surface area contributed by atoms with Gasteiger partial charge in [-0.3, -0.25) is 4.79 Å². The highest BCUT2D eigenvalue weighted by atomic mass is 35.5. The molecule has 0 spiro atoms. The molecule has 7 nitrogen and oxygen atoms in total. The number of thioether (sulfide) groups is 1. The van der Waals surface area contributed by atoms with Gasteiger partial charge in [0.1, 0.15) is 11.5 Å². The smallest absolute Gasteiger partial charge is 0.234 e. The van der Waals surface area contributed by atoms with Gasteiger partial charge >= 0.3 is 0 Å². The Balaban J connectivity index is 1.64. The predicted molar refractivity (Wildman–Crippen MR) is 123 cm³/mol. The second-order valence-corrected chi connectivity index (χ2v) is 8.20. The quantitative estimate of drug-likeness (QED) is 0.445. The fourth-order valence-electron chi connectivity index (χ4n) is 3.02. The predicted octanol–water partition coefficient (Wildman–Crippen LogP) is 5.14. The SMILES string of the molecule is CCn1c(SCC(=O)Nc2ccc(Cl)cc2C)nnc1C(C)Oc1cccc(OC)c1. The van der Waals surface area contributed by atoms with Crippen molar-refractivity contribution >= 4 is 35.0 Å². The number of nitrogens with zero attached hydrogens (tertiary/aromatic N) is 3. The van der Waals surface area contributed by atoms with Gasteiger partial charge in [0.25, 0.3) is 0 Å². The van der Waals surface area contributed by atoms with E-state index in [0.717, 1.165) is 17.0 Å². The van der Waals surface area contributed by atoms with Crippen LogP contribution in [0.4, 0.5) is 5.69 Å². The summed E-state index contributed by atoms with van der Waals surface area (Å²) in [6.07, 6.45) is -0.320. The number of rotatable bonds is 9. The van der Waals surface area contributed by atoms with Gasteiger partial charge < -0.3 is 19.4 Å². The normalized spacial score (nSPS) is 11.8. The summed E-state index contributed by atoms with van der Waals surface area (Å²) in [6, 6.07) is 12.8. The molecule has 2 aromatic carbocycles. The van der Waals surface area contributed by atoms with E-state index < -0.39 is 0 Å². The first-order chi connectivity index (χ1) is 14.9. The van der Waals surface area contributed by atoms with Crippen LogP contribution in [0.15, 0.2) is 47.6 Å². The van der Waals surface area contributed by atoms with E-state index in [0.29, 0.717) is 28.3 Å². The lowest BCUT2D eigenvalue weighted by Gasteiger charge is -2.16. The van der Waals surface area contributed by atoms with Crippen molar-refractivity contribution in [2.24, 2.45) is 0 Å². The average molecular weight is 461 g/mol. The highest BCUT2D eigenvalue weighted by Gasteiger charge is 2.20. The third-order valence-electron chi connectivity index (χ3n) is 4.57. The van der Waals surface area contributed by atoms with Gasteiger partial charge in [-0.1, -0.05) is 29.4 Å². The number of halogens is 1. The van der Waals surface area contributed by atoms with Crippen LogP contribution in [0, 0.1) is 6.92 Å². The Labute approximate surface area is 191 Å². The van der Waals surface area contributed by atoms with Crippen LogP contribution < -0.4 is 14.8 Å². The van der Waals surface area contributed by atoms with Crippen LogP contribution in [-0.2, 0) is 11.3 Å². The minimum atomic E-state index is -0.320. The Morgan fingerprint density at radius 1 is 1.23 bits per heavy atom. The standard InChI is InChI=1S/C22H25ClN4O3S/c1-5-27-21(15(3)30-18-8-6-7-17(12-18)29-4)25-26-22(27)31-13-20(28)24-19-10-9-16(23)11-14(19)2/h6-12,15H,5,13H2,1-4H3,(H,24,28). The number of ether oxygens (including phenoxy) is 2. The summed E-state index contributed by atoms with van der Waals surface area (Å²) < 4.78 is 13.2. The molecule has 0 bridgehead atoms. The maximum Gasteiger partial charge on any atom is 0.234 e. The maximum absolute atomic E-state index is 12.4. The molecule has 1 N–H and O–H groups in total. The zero-order valence-corrected chi connectivity index (χ0v) is 19.5. The fourth-order valence-corrected chi connectivity index (χ4v) is 4.06. The van der Waals surface area contributed by atoms with E-state index in [1.807, 2.05) is 55.7 Å². The summed E-state index contributed by atoms with van der Waals surface area (Å²) >= 11 is 7.31. The van der Waals surface area contributed by atoms with Gasteiger partial charge in [0, 0.05) is 23.3 Å². The first-order valence-electron chi connectivity index (χ1n) is 9.83. The number of amides is 1. The van der Waals surface area contributed by atoms with Crippen LogP contribution in [0.5, 0.6) is 11.5 Å². The monoisotopic (exact) mass is 460 g/mol. The molecule has 31 heavy (non-hydrogen) atoms. The molecule has 0 fully saturated rings. The number of aryl methyl sites for hydroxylation is 1. The van der Waals surface area contributed by atoms with Crippen LogP contribution in [0.2, 0.25) is 5.02 Å². The maximum atomic E-state index is 12.4. The molecule has 3 rings (SSSR count). The molecule has 0 aliphatic heterocycles. The number of anilines is 1. The molecule has 3 aromatic rings. The lowest BCUT2D eigenvalue weighted by molar-refractivity contribution is -0.113. The molecule has 164 valence electrons. The number of aromatic nitrogens is 3. The Morgan fingerprint density at radius 2 is 2.00 bits per heavy atom. The molecule has 1 unspecified atom stereocenters. The molecule has 1 atom stereocenters. The zero-order chi connectivity index (χ0) is 22.4. The van der Waals surface area contributed by atoms with Crippen molar-refractivity contribution in [1.29, 1.82) is 0 Å². The fraction of sp³-hybridized carbons (Fsp3) is 0.318. The summed E-state index contributed by atoms with van der Waals surface area (Å²) in [7, 11) is 1.62. The molecule has 0 aliphatic rings. The summed E-state index contributed by atoms with van der Waals surface area (Å²) in [6.45, 7) is 6.49. The summed E-state index contributed by atoms with van der Waals surface area (Å²) in [5.74, 6) is 2.19. The van der Waals surface area contributed by atoms with E-state index in [9.17, 15) is 4.79 Å². The number of hydrogen-bond donors (Lipinski definition) is 1. The number of carbonyl (C=O) groups excluding carboxylic acids is 1. The Morgan fingerprint density at radius 3 is 2.71 bits per heavy atom. The molecule has 0 radical (unpaired) electrons. The largest absolute Gasteiger partial charge is 0.497 e. The van der Waals surface area contributed by atoms with Crippen molar-refractivity contribution < 1.29 is 14.3 Å². The highest BCUT2D eigenvalue weighted by Crippen LogP contribution is 2.27. The third-order valence-corrected chi connectivity index (χ3v) is 5.78. The molecule has 0 saturated carbocycles. The van der Waals surface area contributed by atoms with Crippen molar-refractivity contribution in [3.63, 3.8) is 0 Å². The van der Waals surface area contributed by atoms with E-state index in [2.05, 4.69) is 15.5 Å². The van der Waals surface area contributed by atoms with Crippen LogP contribution >= 0.6 is 23.4 Å². The second kappa shape index (κ2) is 10.5. The number of methoxy groups -OCH3 is 1. The van der Waals surface area contributed by atoms with Gasteiger partial charge in [0.15, 0.2) is 17.1 Å². The van der Waals surface area contributed by atoms with Crippen LogP contribution in [0.3, 0.4) is 0 Å². The van der Waals surface area contributed by atoms with E-state index in [1.165, 1.54) is 11.8 Å². The number of hydrogen-bond acceptors (Lipinski definition) is 6. The van der Waals surface area contributed by atoms with E-state index in [1.54, 1.807) is 19.2 Å². The lowest BCUT2D eigenvalue weighted by Crippen LogP contribution is -2.16. The minimum Gasteiger partial charge on any atom is -0.497 e. The Hall–Kier alpha value is -2.71. The van der Waals surface area contributed by atoms with Gasteiger partial charge in [0.05, 0.1) is 12.9 Å². The zero-order valence-electron chi connectivity index (χ0n) is 17.9. The van der Waals surface area contributed by atoms with Gasteiger partial charge in [-0.2, -0.15) is 0 Å². The van der Waals surface area contributed by atoms with Crippen LogP contribution in [0.1, 0.15) is 31.3 Å². The van der Waals surface area contributed by atoms with Crippen molar-refractivity contribution in [1.82, 2.24) is 14.8 Å². The minimum absolute atomic E-state index is 0.122. The number of carbonyl (C=O) groups is 1. The molecule has 9 heteroatoms. The van der Waals surface area contributed by atoms with E-state index in [-0.39, 0.29) is 17.8 Å². The Bertz CT molecular complexity index is 1060. The molecule has 1 aromatic heterocycles. The average Bonchev–Trinajstić information content (AvgIpc) is 3.17. The van der Waals surface area contributed by atoms with Crippen molar-refractivity contribution in [3.8, 4) is 11.5 Å². The molecule has 0 aliphatic carbocycles. The summed E-state index contributed by atoms with van der Waals surface area (Å²) in [5, 5.41) is 12.8. The third kappa shape index (κ3) is 5.92. The highest BCUT2D eigenvalue weighted by molar-refractivity contribution is 7.99. The topological polar surface area (TPSA) is 78.3 Å². The van der Waals surface area contributed by atoms with Crippen molar-refractivity contribution in [2.75, 3.05) is 18.2 Å². The van der Waals surface area contributed by atoms with Crippen LogP contribution in [-0.4, -0.2) is 33.5 Å². The molecule has 0 saturated heterocycles. The van der Waals surface area contributed by atoms with Gasteiger partial charge in [-0.15, -0.1) is 10.2 Å². The molecule has 1 heterocycles. The van der Waals surface area contributed by atoms with Gasteiger partial charge in [-0.05, 0) is 56.7 Å². The first kappa shape index (κ1) is 23.0. The molecular weight excluding hydrogens is 436 g/mol. The van der Waals surface area contributed by atoms with E-state index in [4.69, 9.17) is 21.1 Å². The summed E-state index contributed by atoms with van der Waals surface area (Å²) in [5.41, 5.74) is 1.65. The molecule has 1 amide bonds. The van der Waals surface area contributed by atoms with E-state index >= 15 is 0 Å². The van der Waals surface area contributed by atoms with Gasteiger partial charge in [-0.25, -0.2) is 0 Å².